The third kappa shape index (κ3) is 2.30. The topological polar surface area (TPSA) is 127 Å². The van der Waals surface area contributed by atoms with Gasteiger partial charge in [0.2, 0.25) is 0 Å². The van der Waals surface area contributed by atoms with Crippen LogP contribution in [-0.2, 0) is 0 Å². The van der Waals surface area contributed by atoms with E-state index in [4.69, 9.17) is 10.2 Å². The number of hydrogen-bond donors (Lipinski definition) is 2. The number of carboxylic acids is 2. The van der Waals surface area contributed by atoms with Crippen molar-refractivity contribution in [3.63, 3.8) is 0 Å². The molecule has 0 aliphatic carbocycles. The molecule has 90 valence electrons. The second kappa shape index (κ2) is 4.47. The van der Waals surface area contributed by atoms with E-state index in [1.54, 1.807) is 0 Å². The fraction of sp³-hybridized carbons (Fsp3) is 0.111. The zero-order valence-electron chi connectivity index (χ0n) is 8.54. The lowest BCUT2D eigenvalue weighted by Gasteiger charge is -2.06. The first-order chi connectivity index (χ1) is 7.88. The molecule has 1 aromatic rings. The quantitative estimate of drug-likeness (QED) is 0.594. The molecule has 2 N–H and O–H groups in total. The van der Waals surface area contributed by atoms with E-state index in [9.17, 15) is 19.7 Å². The van der Waals surface area contributed by atoms with E-state index in [2.05, 4.69) is 4.74 Å². The normalized spacial score (nSPS) is 9.71. The van der Waals surface area contributed by atoms with Crippen LogP contribution in [0.25, 0.3) is 0 Å². The van der Waals surface area contributed by atoms with Crippen molar-refractivity contribution < 1.29 is 29.5 Å². The third-order valence-electron chi connectivity index (χ3n) is 1.96. The zero-order valence-corrected chi connectivity index (χ0v) is 8.54. The molecule has 8 nitrogen and oxygen atoms in total. The molecular weight excluding hydrogens is 234 g/mol. The summed E-state index contributed by atoms with van der Waals surface area (Å²) in [6.07, 6.45) is 0. The van der Waals surface area contributed by atoms with Crippen LogP contribution < -0.4 is 4.74 Å². The van der Waals surface area contributed by atoms with Crippen LogP contribution in [0, 0.1) is 10.1 Å². The Bertz CT molecular complexity index is 508. The fourth-order valence-electron chi connectivity index (χ4n) is 1.24. The monoisotopic (exact) mass is 241 g/mol. The standard InChI is InChI=1S/C9H7NO7/c1-17-6-3-4(8(11)12)2-5(10(15)16)7(6)9(13)14/h2-3H,1H3,(H,11,12)(H,13,14). The highest BCUT2D eigenvalue weighted by Gasteiger charge is 2.27. The average molecular weight is 241 g/mol. The van der Waals surface area contributed by atoms with E-state index in [1.165, 1.54) is 0 Å². The molecule has 0 heterocycles. The molecule has 1 rings (SSSR count). The molecule has 0 aliphatic rings. The number of nitro groups is 1. The van der Waals surface area contributed by atoms with Gasteiger partial charge in [-0.05, 0) is 6.07 Å². The summed E-state index contributed by atoms with van der Waals surface area (Å²) in [4.78, 5) is 31.2. The molecule has 17 heavy (non-hydrogen) atoms. The molecule has 0 spiro atoms. The predicted molar refractivity (Wildman–Crippen MR) is 53.6 cm³/mol. The van der Waals surface area contributed by atoms with E-state index in [0.29, 0.717) is 6.07 Å². The molecule has 0 amide bonds. The van der Waals surface area contributed by atoms with Crippen LogP contribution >= 0.6 is 0 Å². The van der Waals surface area contributed by atoms with Gasteiger partial charge in [-0.15, -0.1) is 0 Å². The van der Waals surface area contributed by atoms with Crippen LogP contribution in [0.2, 0.25) is 0 Å². The SMILES string of the molecule is COc1cc(C(=O)O)cc([N+](=O)[O-])c1C(=O)O. The highest BCUT2D eigenvalue weighted by Crippen LogP contribution is 2.30. The summed E-state index contributed by atoms with van der Waals surface area (Å²) in [6.45, 7) is 0. The van der Waals surface area contributed by atoms with Crippen LogP contribution in [0.1, 0.15) is 20.7 Å². The average Bonchev–Trinajstić information content (AvgIpc) is 2.26. The van der Waals surface area contributed by atoms with Gasteiger partial charge in [-0.25, -0.2) is 9.59 Å². The minimum Gasteiger partial charge on any atom is -0.496 e. The Morgan fingerprint density at radius 2 is 1.88 bits per heavy atom. The summed E-state index contributed by atoms with van der Waals surface area (Å²) in [5.41, 5.74) is -1.92. The fourth-order valence-corrected chi connectivity index (χ4v) is 1.24. The molecule has 0 saturated heterocycles. The van der Waals surface area contributed by atoms with Crippen molar-refractivity contribution in [2.24, 2.45) is 0 Å². The van der Waals surface area contributed by atoms with Gasteiger partial charge < -0.3 is 14.9 Å². The van der Waals surface area contributed by atoms with Crippen molar-refractivity contribution in [3.8, 4) is 5.75 Å². The van der Waals surface area contributed by atoms with Crippen LogP contribution in [0.5, 0.6) is 5.75 Å². The van der Waals surface area contributed by atoms with E-state index in [-0.39, 0.29) is 5.75 Å². The highest BCUT2D eigenvalue weighted by molar-refractivity contribution is 5.99. The number of carboxylic acid groups (broad SMARTS) is 2. The smallest absolute Gasteiger partial charge is 0.346 e. The number of nitrogens with zero attached hydrogens (tertiary/aromatic N) is 1. The molecular formula is C9H7NO7. The molecule has 0 unspecified atom stereocenters. The first-order valence-electron chi connectivity index (χ1n) is 4.21. The summed E-state index contributed by atoms with van der Waals surface area (Å²) in [5.74, 6) is -3.35. The lowest BCUT2D eigenvalue weighted by atomic mass is 10.1. The summed E-state index contributed by atoms with van der Waals surface area (Å²) in [5, 5.41) is 28.2. The van der Waals surface area contributed by atoms with Crippen molar-refractivity contribution in [2.75, 3.05) is 7.11 Å². The molecule has 0 radical (unpaired) electrons. The van der Waals surface area contributed by atoms with Gasteiger partial charge in [-0.1, -0.05) is 0 Å². The van der Waals surface area contributed by atoms with Crippen LogP contribution in [0.3, 0.4) is 0 Å². The van der Waals surface area contributed by atoms with E-state index in [1.807, 2.05) is 0 Å². The van der Waals surface area contributed by atoms with Gasteiger partial charge >= 0.3 is 11.9 Å². The number of carbonyl (C=O) groups is 2. The van der Waals surface area contributed by atoms with E-state index < -0.39 is 33.7 Å². The second-order valence-corrected chi connectivity index (χ2v) is 2.94. The van der Waals surface area contributed by atoms with Gasteiger partial charge in [0, 0.05) is 6.07 Å². The molecule has 0 atom stereocenters. The van der Waals surface area contributed by atoms with Gasteiger partial charge in [0.05, 0.1) is 17.6 Å². The van der Waals surface area contributed by atoms with Crippen LogP contribution in [-0.4, -0.2) is 34.2 Å². The van der Waals surface area contributed by atoms with Gasteiger partial charge in [-0.2, -0.15) is 0 Å². The van der Waals surface area contributed by atoms with Gasteiger partial charge in [-0.3, -0.25) is 10.1 Å². The van der Waals surface area contributed by atoms with Gasteiger partial charge in [0.25, 0.3) is 5.69 Å². The minimum absolute atomic E-state index is 0.371. The Hall–Kier alpha value is -2.64. The van der Waals surface area contributed by atoms with Crippen molar-refractivity contribution in [1.29, 1.82) is 0 Å². The lowest BCUT2D eigenvalue weighted by Crippen LogP contribution is -2.08. The largest absolute Gasteiger partial charge is 0.496 e. The molecule has 0 aromatic heterocycles. The molecule has 0 fully saturated rings. The summed E-state index contributed by atoms with van der Waals surface area (Å²) in [7, 11) is 1.09. The third-order valence-corrected chi connectivity index (χ3v) is 1.96. The number of hydrogen-bond acceptors (Lipinski definition) is 5. The van der Waals surface area contributed by atoms with E-state index in [0.717, 1.165) is 13.2 Å². The summed E-state index contributed by atoms with van der Waals surface area (Å²) < 4.78 is 4.64. The van der Waals surface area contributed by atoms with Gasteiger partial charge in [0.1, 0.15) is 5.75 Å². The van der Waals surface area contributed by atoms with Crippen molar-refractivity contribution in [2.45, 2.75) is 0 Å². The number of methoxy groups -OCH3 is 1. The zero-order chi connectivity index (χ0) is 13.2. The predicted octanol–water partition coefficient (Wildman–Crippen LogP) is 1.000. The molecule has 0 saturated carbocycles. The Balaban J connectivity index is 3.63. The van der Waals surface area contributed by atoms with Crippen molar-refractivity contribution in [3.05, 3.63) is 33.4 Å². The first kappa shape index (κ1) is 12.4. The molecule has 0 bridgehead atoms. The Morgan fingerprint density at radius 3 is 2.24 bits per heavy atom. The Morgan fingerprint density at radius 1 is 1.29 bits per heavy atom. The summed E-state index contributed by atoms with van der Waals surface area (Å²) >= 11 is 0. The molecule has 0 aliphatic heterocycles. The van der Waals surface area contributed by atoms with Gasteiger partial charge in [0.15, 0.2) is 5.56 Å². The van der Waals surface area contributed by atoms with Crippen molar-refractivity contribution in [1.82, 2.24) is 0 Å². The molecule has 1 aromatic carbocycles. The van der Waals surface area contributed by atoms with E-state index >= 15 is 0 Å². The lowest BCUT2D eigenvalue weighted by molar-refractivity contribution is -0.385. The highest BCUT2D eigenvalue weighted by atomic mass is 16.6. The minimum atomic E-state index is -1.56. The second-order valence-electron chi connectivity index (χ2n) is 2.94. The van der Waals surface area contributed by atoms with Crippen LogP contribution in [0.4, 0.5) is 5.69 Å². The maximum atomic E-state index is 10.9. The Kier molecular flexibility index (Phi) is 3.27. The summed E-state index contributed by atoms with van der Waals surface area (Å²) in [6, 6.07) is 1.59. The number of aromatic carboxylic acids is 2. The Labute approximate surface area is 94.2 Å². The number of ether oxygens (including phenoxy) is 1. The molecule has 8 heteroatoms. The van der Waals surface area contributed by atoms with Crippen LogP contribution in [0.15, 0.2) is 12.1 Å². The number of nitro benzene ring substituents is 1. The number of rotatable bonds is 4. The van der Waals surface area contributed by atoms with Crippen molar-refractivity contribution >= 4 is 17.6 Å². The maximum Gasteiger partial charge on any atom is 0.346 e. The first-order valence-corrected chi connectivity index (χ1v) is 4.21. The maximum absolute atomic E-state index is 10.9. The number of benzene rings is 1.